The minimum Gasteiger partial charge on any atom is -0.369 e. The van der Waals surface area contributed by atoms with Gasteiger partial charge < -0.3 is 15.0 Å². The summed E-state index contributed by atoms with van der Waals surface area (Å²) in [5.41, 5.74) is 0.113. The number of carbonyl (C=O) groups excluding carboxylic acids is 1. The number of nitrogens with one attached hydrogen (secondary N) is 1. The SMILES string of the molecule is CC1CN(C(=O)c2cn(C3CCNCC3)nn2)CC(C)(C)O1.Cl. The standard InChI is InChI=1S/C15H25N5O2.ClH/c1-11-8-19(10-15(2,3)22-11)14(21)13-9-20(18-17-13)12-4-6-16-7-5-12;/h9,11-12,16H,4-8,10H2,1-3H3;1H. The van der Waals surface area contributed by atoms with Gasteiger partial charge in [0.2, 0.25) is 0 Å². The highest BCUT2D eigenvalue weighted by Gasteiger charge is 2.35. The van der Waals surface area contributed by atoms with Crippen molar-refractivity contribution in [3.8, 4) is 0 Å². The summed E-state index contributed by atoms with van der Waals surface area (Å²) in [5, 5.41) is 11.6. The van der Waals surface area contributed by atoms with Crippen molar-refractivity contribution >= 4 is 18.3 Å². The molecule has 7 nitrogen and oxygen atoms in total. The third kappa shape index (κ3) is 4.22. The molecule has 3 rings (SSSR count). The van der Waals surface area contributed by atoms with Crippen LogP contribution in [0.4, 0.5) is 0 Å². The summed E-state index contributed by atoms with van der Waals surface area (Å²) < 4.78 is 7.70. The predicted octanol–water partition coefficient (Wildman–Crippen LogP) is 1.26. The van der Waals surface area contributed by atoms with E-state index in [4.69, 9.17) is 4.74 Å². The Balaban J connectivity index is 0.00000192. The molecule has 1 amide bonds. The molecule has 0 spiro atoms. The van der Waals surface area contributed by atoms with Crippen molar-refractivity contribution in [3.63, 3.8) is 0 Å². The maximum atomic E-state index is 12.7. The predicted molar refractivity (Wildman–Crippen MR) is 88.9 cm³/mol. The maximum Gasteiger partial charge on any atom is 0.276 e. The molecule has 0 saturated carbocycles. The van der Waals surface area contributed by atoms with E-state index < -0.39 is 0 Å². The van der Waals surface area contributed by atoms with Crippen molar-refractivity contribution in [2.75, 3.05) is 26.2 Å². The number of carbonyl (C=O) groups is 1. The van der Waals surface area contributed by atoms with Crippen molar-refractivity contribution in [1.82, 2.24) is 25.2 Å². The summed E-state index contributed by atoms with van der Waals surface area (Å²) >= 11 is 0. The highest BCUT2D eigenvalue weighted by molar-refractivity contribution is 5.92. The zero-order valence-corrected chi connectivity index (χ0v) is 14.8. The van der Waals surface area contributed by atoms with Crippen LogP contribution in [0.1, 0.15) is 50.1 Å². The smallest absolute Gasteiger partial charge is 0.276 e. The van der Waals surface area contributed by atoms with Gasteiger partial charge >= 0.3 is 0 Å². The molecule has 3 heterocycles. The van der Waals surface area contributed by atoms with E-state index in [1.165, 1.54) is 0 Å². The molecule has 1 aromatic rings. The number of aromatic nitrogens is 3. The summed E-state index contributed by atoms with van der Waals surface area (Å²) in [6.07, 6.45) is 3.88. The van der Waals surface area contributed by atoms with E-state index in [0.717, 1.165) is 25.9 Å². The lowest BCUT2D eigenvalue weighted by molar-refractivity contribution is -0.118. The lowest BCUT2D eigenvalue weighted by Gasteiger charge is -2.41. The Bertz CT molecular complexity index is 542. The molecule has 1 N–H and O–H groups in total. The molecule has 2 aliphatic heterocycles. The van der Waals surface area contributed by atoms with Gasteiger partial charge in [0.15, 0.2) is 5.69 Å². The van der Waals surface area contributed by atoms with Crippen LogP contribution in [0.15, 0.2) is 6.20 Å². The molecule has 8 heteroatoms. The van der Waals surface area contributed by atoms with Crippen LogP contribution in [0.5, 0.6) is 0 Å². The van der Waals surface area contributed by atoms with Gasteiger partial charge in [0.25, 0.3) is 5.91 Å². The molecule has 2 saturated heterocycles. The molecular weight excluding hydrogens is 318 g/mol. The highest BCUT2D eigenvalue weighted by Crippen LogP contribution is 2.22. The molecule has 2 fully saturated rings. The molecular formula is C15H26ClN5O2. The molecule has 2 aliphatic rings. The lowest BCUT2D eigenvalue weighted by atomic mass is 10.1. The van der Waals surface area contributed by atoms with Gasteiger partial charge in [0, 0.05) is 13.1 Å². The largest absolute Gasteiger partial charge is 0.369 e. The fraction of sp³-hybridized carbons (Fsp3) is 0.800. The number of morpholine rings is 1. The molecule has 0 aliphatic carbocycles. The number of halogens is 1. The Labute approximate surface area is 143 Å². The van der Waals surface area contributed by atoms with Gasteiger partial charge in [0.1, 0.15) is 0 Å². The number of rotatable bonds is 2. The number of ether oxygens (including phenoxy) is 1. The van der Waals surface area contributed by atoms with Crippen LogP contribution in [0.25, 0.3) is 0 Å². The Morgan fingerprint density at radius 2 is 2.09 bits per heavy atom. The first-order valence-electron chi connectivity index (χ1n) is 8.04. The summed E-state index contributed by atoms with van der Waals surface area (Å²) in [5.74, 6) is -0.0524. The van der Waals surface area contributed by atoms with E-state index in [2.05, 4.69) is 15.6 Å². The van der Waals surface area contributed by atoms with Gasteiger partial charge in [-0.3, -0.25) is 4.79 Å². The van der Waals surface area contributed by atoms with E-state index >= 15 is 0 Å². The summed E-state index contributed by atoms with van der Waals surface area (Å²) in [6.45, 7) is 9.17. The Morgan fingerprint density at radius 3 is 2.74 bits per heavy atom. The number of nitrogens with zero attached hydrogens (tertiary/aromatic N) is 4. The summed E-state index contributed by atoms with van der Waals surface area (Å²) in [6, 6.07) is 0.343. The topological polar surface area (TPSA) is 72.3 Å². The van der Waals surface area contributed by atoms with E-state index in [1.807, 2.05) is 30.4 Å². The van der Waals surface area contributed by atoms with Crippen molar-refractivity contribution in [1.29, 1.82) is 0 Å². The monoisotopic (exact) mass is 343 g/mol. The van der Waals surface area contributed by atoms with Crippen LogP contribution in [0.3, 0.4) is 0 Å². The minimum absolute atomic E-state index is 0. The van der Waals surface area contributed by atoms with Gasteiger partial charge in [-0.2, -0.15) is 0 Å². The van der Waals surface area contributed by atoms with Gasteiger partial charge in [0.05, 0.1) is 23.9 Å². The van der Waals surface area contributed by atoms with Gasteiger partial charge in [-0.1, -0.05) is 5.21 Å². The van der Waals surface area contributed by atoms with Crippen LogP contribution >= 0.6 is 12.4 Å². The number of amides is 1. The van der Waals surface area contributed by atoms with Crippen LogP contribution in [-0.4, -0.2) is 63.7 Å². The van der Waals surface area contributed by atoms with Gasteiger partial charge in [-0.25, -0.2) is 4.68 Å². The molecule has 130 valence electrons. The third-order valence-electron chi connectivity index (χ3n) is 4.27. The highest BCUT2D eigenvalue weighted by atomic mass is 35.5. The summed E-state index contributed by atoms with van der Waals surface area (Å²) in [4.78, 5) is 14.5. The molecule has 23 heavy (non-hydrogen) atoms. The van der Waals surface area contributed by atoms with Crippen LogP contribution < -0.4 is 5.32 Å². The van der Waals surface area contributed by atoms with E-state index in [-0.39, 0.29) is 30.0 Å². The maximum absolute atomic E-state index is 12.7. The molecule has 1 aromatic heterocycles. The fourth-order valence-electron chi connectivity index (χ4n) is 3.39. The van der Waals surface area contributed by atoms with Crippen LogP contribution in [0.2, 0.25) is 0 Å². The van der Waals surface area contributed by atoms with E-state index in [0.29, 0.717) is 24.8 Å². The summed E-state index contributed by atoms with van der Waals surface area (Å²) in [7, 11) is 0. The first kappa shape index (κ1) is 18.2. The zero-order valence-electron chi connectivity index (χ0n) is 14.0. The first-order chi connectivity index (χ1) is 10.4. The molecule has 0 aromatic carbocycles. The lowest BCUT2D eigenvalue weighted by Crippen LogP contribution is -2.53. The van der Waals surface area contributed by atoms with Crippen molar-refractivity contribution in [3.05, 3.63) is 11.9 Å². The van der Waals surface area contributed by atoms with Crippen molar-refractivity contribution < 1.29 is 9.53 Å². The second kappa shape index (κ2) is 7.15. The Kier molecular flexibility index (Phi) is 5.65. The van der Waals surface area contributed by atoms with Crippen LogP contribution in [-0.2, 0) is 4.74 Å². The molecule has 0 radical (unpaired) electrons. The van der Waals surface area contributed by atoms with E-state index in [9.17, 15) is 4.79 Å². The fourth-order valence-corrected chi connectivity index (χ4v) is 3.39. The van der Waals surface area contributed by atoms with Crippen molar-refractivity contribution in [2.45, 2.75) is 51.4 Å². The molecule has 0 bridgehead atoms. The average molecular weight is 344 g/mol. The average Bonchev–Trinajstić information content (AvgIpc) is 2.95. The number of piperidine rings is 1. The minimum atomic E-state index is -0.321. The normalized spacial score (nSPS) is 25.0. The van der Waals surface area contributed by atoms with Crippen molar-refractivity contribution in [2.24, 2.45) is 0 Å². The van der Waals surface area contributed by atoms with Crippen LogP contribution in [0, 0.1) is 0 Å². The molecule has 1 unspecified atom stereocenters. The Hall–Kier alpha value is -1.18. The van der Waals surface area contributed by atoms with Gasteiger partial charge in [-0.05, 0) is 46.7 Å². The second-order valence-electron chi connectivity index (χ2n) is 6.94. The van der Waals surface area contributed by atoms with Gasteiger partial charge in [-0.15, -0.1) is 17.5 Å². The second-order valence-corrected chi connectivity index (χ2v) is 6.94. The number of hydrogen-bond donors (Lipinski definition) is 1. The molecule has 1 atom stereocenters. The number of hydrogen-bond acceptors (Lipinski definition) is 5. The zero-order chi connectivity index (χ0) is 15.7. The quantitative estimate of drug-likeness (QED) is 0.875. The Morgan fingerprint density at radius 1 is 1.39 bits per heavy atom. The first-order valence-corrected chi connectivity index (χ1v) is 8.04. The van der Waals surface area contributed by atoms with E-state index in [1.54, 1.807) is 6.20 Å². The third-order valence-corrected chi connectivity index (χ3v) is 4.27.